The number of carboxylic acids is 1. The van der Waals surface area contributed by atoms with Gasteiger partial charge in [-0.1, -0.05) is 19.8 Å². The number of amides is 1. The van der Waals surface area contributed by atoms with Crippen LogP contribution in [-0.2, 0) is 9.59 Å². The molecular formula is C13H23NO3. The number of carboxylic acid groups (broad SMARTS) is 1. The molecule has 2 unspecified atom stereocenters. The van der Waals surface area contributed by atoms with Crippen LogP contribution in [0.15, 0.2) is 0 Å². The van der Waals surface area contributed by atoms with Crippen LogP contribution in [0.3, 0.4) is 0 Å². The SMILES string of the molecule is CCC(C)(C)NC(=O)C1CCCCC1C(=O)O. The molecule has 1 aliphatic carbocycles. The third-order valence-electron chi connectivity index (χ3n) is 3.77. The van der Waals surface area contributed by atoms with Gasteiger partial charge in [-0.25, -0.2) is 0 Å². The minimum Gasteiger partial charge on any atom is -0.481 e. The molecule has 98 valence electrons. The van der Waals surface area contributed by atoms with Crippen LogP contribution in [0, 0.1) is 11.8 Å². The molecule has 0 radical (unpaired) electrons. The summed E-state index contributed by atoms with van der Waals surface area (Å²) in [5.74, 6) is -1.79. The summed E-state index contributed by atoms with van der Waals surface area (Å²) >= 11 is 0. The van der Waals surface area contributed by atoms with Crippen LogP contribution in [-0.4, -0.2) is 22.5 Å². The maximum absolute atomic E-state index is 12.1. The first kappa shape index (κ1) is 14.0. The van der Waals surface area contributed by atoms with Crippen LogP contribution in [0.1, 0.15) is 52.9 Å². The number of carbonyl (C=O) groups excluding carboxylic acids is 1. The van der Waals surface area contributed by atoms with Crippen LogP contribution in [0.2, 0.25) is 0 Å². The zero-order valence-corrected chi connectivity index (χ0v) is 11.0. The maximum Gasteiger partial charge on any atom is 0.307 e. The molecule has 1 amide bonds. The van der Waals surface area contributed by atoms with Crippen molar-refractivity contribution in [2.24, 2.45) is 11.8 Å². The van der Waals surface area contributed by atoms with Gasteiger partial charge in [0.2, 0.25) is 5.91 Å². The Labute approximate surface area is 103 Å². The fourth-order valence-corrected chi connectivity index (χ4v) is 2.25. The van der Waals surface area contributed by atoms with Crippen molar-refractivity contribution < 1.29 is 14.7 Å². The summed E-state index contributed by atoms with van der Waals surface area (Å²) < 4.78 is 0. The van der Waals surface area contributed by atoms with Gasteiger partial charge < -0.3 is 10.4 Å². The number of nitrogens with one attached hydrogen (secondary N) is 1. The van der Waals surface area contributed by atoms with Crippen molar-refractivity contribution in [2.45, 2.75) is 58.4 Å². The summed E-state index contributed by atoms with van der Waals surface area (Å²) in [6.45, 7) is 5.93. The number of aliphatic carboxylic acids is 1. The highest BCUT2D eigenvalue weighted by atomic mass is 16.4. The summed E-state index contributed by atoms with van der Waals surface area (Å²) in [7, 11) is 0. The van der Waals surface area contributed by atoms with Gasteiger partial charge in [0.15, 0.2) is 0 Å². The largest absolute Gasteiger partial charge is 0.481 e. The Morgan fingerprint density at radius 3 is 2.24 bits per heavy atom. The van der Waals surface area contributed by atoms with E-state index in [0.29, 0.717) is 12.8 Å². The van der Waals surface area contributed by atoms with Crippen molar-refractivity contribution in [1.29, 1.82) is 0 Å². The van der Waals surface area contributed by atoms with Gasteiger partial charge in [0, 0.05) is 5.54 Å². The van der Waals surface area contributed by atoms with Crippen molar-refractivity contribution in [3.63, 3.8) is 0 Å². The summed E-state index contributed by atoms with van der Waals surface area (Å²) in [4.78, 5) is 23.2. The van der Waals surface area contributed by atoms with Crippen LogP contribution in [0.4, 0.5) is 0 Å². The van der Waals surface area contributed by atoms with Crippen molar-refractivity contribution in [3.8, 4) is 0 Å². The third kappa shape index (κ3) is 3.72. The standard InChI is InChI=1S/C13H23NO3/c1-4-13(2,3)14-11(15)9-7-5-6-8-10(9)12(16)17/h9-10H,4-8H2,1-3H3,(H,14,15)(H,16,17). The molecule has 1 saturated carbocycles. The van der Waals surface area contributed by atoms with E-state index in [1.807, 2.05) is 20.8 Å². The van der Waals surface area contributed by atoms with E-state index in [0.717, 1.165) is 19.3 Å². The normalized spacial score (nSPS) is 25.4. The van der Waals surface area contributed by atoms with Crippen LogP contribution in [0.5, 0.6) is 0 Å². The number of hydrogen-bond donors (Lipinski definition) is 2. The smallest absolute Gasteiger partial charge is 0.307 e. The Morgan fingerprint density at radius 1 is 1.24 bits per heavy atom. The van der Waals surface area contributed by atoms with Gasteiger partial charge in [0.1, 0.15) is 0 Å². The first-order valence-corrected chi connectivity index (χ1v) is 6.42. The summed E-state index contributed by atoms with van der Waals surface area (Å²) in [6, 6.07) is 0. The topological polar surface area (TPSA) is 66.4 Å². The molecule has 0 bridgehead atoms. The molecule has 17 heavy (non-hydrogen) atoms. The molecule has 4 heteroatoms. The molecular weight excluding hydrogens is 218 g/mol. The molecule has 1 rings (SSSR count). The van der Waals surface area contributed by atoms with E-state index < -0.39 is 11.9 Å². The lowest BCUT2D eigenvalue weighted by atomic mass is 9.78. The summed E-state index contributed by atoms with van der Waals surface area (Å²) in [5.41, 5.74) is -0.252. The zero-order chi connectivity index (χ0) is 13.1. The third-order valence-corrected chi connectivity index (χ3v) is 3.77. The number of carbonyl (C=O) groups is 2. The molecule has 1 aliphatic rings. The molecule has 0 saturated heterocycles. The van der Waals surface area contributed by atoms with Crippen LogP contribution in [0.25, 0.3) is 0 Å². The molecule has 0 aliphatic heterocycles. The highest BCUT2D eigenvalue weighted by Gasteiger charge is 2.37. The molecule has 0 aromatic rings. The maximum atomic E-state index is 12.1. The van der Waals surface area contributed by atoms with E-state index in [1.54, 1.807) is 0 Å². The van der Waals surface area contributed by atoms with E-state index in [9.17, 15) is 9.59 Å². The van der Waals surface area contributed by atoms with E-state index in [4.69, 9.17) is 5.11 Å². The molecule has 0 aromatic heterocycles. The second-order valence-electron chi connectivity index (χ2n) is 5.56. The van der Waals surface area contributed by atoms with E-state index >= 15 is 0 Å². The lowest BCUT2D eigenvalue weighted by Gasteiger charge is -2.32. The van der Waals surface area contributed by atoms with Gasteiger partial charge in [-0.15, -0.1) is 0 Å². The second kappa shape index (κ2) is 5.52. The zero-order valence-electron chi connectivity index (χ0n) is 11.0. The van der Waals surface area contributed by atoms with Crippen molar-refractivity contribution >= 4 is 11.9 Å². The Bertz CT molecular complexity index is 299. The van der Waals surface area contributed by atoms with Gasteiger partial charge in [0.05, 0.1) is 11.8 Å². The minimum atomic E-state index is -0.834. The van der Waals surface area contributed by atoms with Crippen molar-refractivity contribution in [3.05, 3.63) is 0 Å². The molecule has 0 aromatic carbocycles. The van der Waals surface area contributed by atoms with Gasteiger partial charge in [-0.05, 0) is 33.1 Å². The summed E-state index contributed by atoms with van der Waals surface area (Å²) in [6.07, 6.45) is 4.03. The average Bonchev–Trinajstić information content (AvgIpc) is 2.28. The Kier molecular flexibility index (Phi) is 4.54. The van der Waals surface area contributed by atoms with Gasteiger partial charge >= 0.3 is 5.97 Å². The molecule has 2 N–H and O–H groups in total. The predicted molar refractivity (Wildman–Crippen MR) is 65.6 cm³/mol. The van der Waals surface area contributed by atoms with Gasteiger partial charge in [-0.3, -0.25) is 9.59 Å². The average molecular weight is 241 g/mol. The Hall–Kier alpha value is -1.06. The fraction of sp³-hybridized carbons (Fsp3) is 0.846. The number of rotatable bonds is 4. The van der Waals surface area contributed by atoms with E-state index in [1.165, 1.54) is 0 Å². The van der Waals surface area contributed by atoms with Gasteiger partial charge in [0.25, 0.3) is 0 Å². The lowest BCUT2D eigenvalue weighted by molar-refractivity contribution is -0.149. The molecule has 0 spiro atoms. The van der Waals surface area contributed by atoms with E-state index in [2.05, 4.69) is 5.32 Å². The van der Waals surface area contributed by atoms with Crippen molar-refractivity contribution in [2.75, 3.05) is 0 Å². The lowest BCUT2D eigenvalue weighted by Crippen LogP contribution is -2.48. The quantitative estimate of drug-likeness (QED) is 0.792. The number of hydrogen-bond acceptors (Lipinski definition) is 2. The first-order valence-electron chi connectivity index (χ1n) is 6.42. The van der Waals surface area contributed by atoms with Gasteiger partial charge in [-0.2, -0.15) is 0 Å². The highest BCUT2D eigenvalue weighted by molar-refractivity contribution is 5.85. The first-order chi connectivity index (χ1) is 7.87. The minimum absolute atomic E-state index is 0.0936. The fourth-order valence-electron chi connectivity index (χ4n) is 2.25. The molecule has 0 heterocycles. The Balaban J connectivity index is 2.69. The highest BCUT2D eigenvalue weighted by Crippen LogP contribution is 2.31. The van der Waals surface area contributed by atoms with Crippen LogP contribution >= 0.6 is 0 Å². The van der Waals surface area contributed by atoms with Crippen molar-refractivity contribution in [1.82, 2.24) is 5.32 Å². The second-order valence-corrected chi connectivity index (χ2v) is 5.56. The predicted octanol–water partition coefficient (Wildman–Crippen LogP) is 2.18. The monoisotopic (exact) mass is 241 g/mol. The Morgan fingerprint density at radius 2 is 1.76 bits per heavy atom. The molecule has 4 nitrogen and oxygen atoms in total. The van der Waals surface area contributed by atoms with Crippen LogP contribution < -0.4 is 5.32 Å². The van der Waals surface area contributed by atoms with E-state index in [-0.39, 0.29) is 17.4 Å². The summed E-state index contributed by atoms with van der Waals surface area (Å²) in [5, 5.41) is 12.1. The molecule has 1 fully saturated rings. The molecule has 2 atom stereocenters.